The molecule has 0 aliphatic carbocycles. The van der Waals surface area contributed by atoms with Crippen molar-refractivity contribution in [2.45, 2.75) is 25.2 Å². The van der Waals surface area contributed by atoms with Crippen LogP contribution in [0.1, 0.15) is 54.3 Å². The summed E-state index contributed by atoms with van der Waals surface area (Å²) in [4.78, 5) is 50.6. The van der Waals surface area contributed by atoms with Crippen molar-refractivity contribution < 1.29 is 93.9 Å². The van der Waals surface area contributed by atoms with Crippen molar-refractivity contribution in [2.24, 2.45) is 0 Å². The maximum Gasteiger partial charge on any atom is 0.343 e. The van der Waals surface area contributed by atoms with Crippen LogP contribution in [-0.2, 0) is 14.2 Å². The fourth-order valence-electron chi connectivity index (χ4n) is 4.66. The Balaban J connectivity index is 1.18. The Bertz CT molecular complexity index is 2060. The summed E-state index contributed by atoms with van der Waals surface area (Å²) in [6.45, 7) is -0.405. The number of phenolic OH excluding ortho intramolecular Hbond substituents is 10. The van der Waals surface area contributed by atoms with Crippen molar-refractivity contribution in [1.29, 1.82) is 0 Å². The summed E-state index contributed by atoms with van der Waals surface area (Å²) in [6, 6.07) is 6.33. The molecule has 0 aromatic heterocycles. The van der Waals surface area contributed by atoms with Gasteiger partial charge >= 0.3 is 23.9 Å². The average molecular weight is 727 g/mol. The van der Waals surface area contributed by atoms with Gasteiger partial charge in [0.25, 0.3) is 0 Å². The fourth-order valence-corrected chi connectivity index (χ4v) is 4.66. The van der Waals surface area contributed by atoms with Gasteiger partial charge in [0.1, 0.15) is 6.61 Å². The first-order valence-electron chi connectivity index (χ1n) is 14.6. The summed E-state index contributed by atoms with van der Waals surface area (Å²) < 4.78 is 26.0. The molecule has 0 radical (unpaired) electrons. The summed E-state index contributed by atoms with van der Waals surface area (Å²) in [6.07, 6.45) is -1.70. The summed E-state index contributed by atoms with van der Waals surface area (Å²) in [7, 11) is 0. The van der Waals surface area contributed by atoms with E-state index in [4.69, 9.17) is 23.7 Å². The van der Waals surface area contributed by atoms with Crippen LogP contribution in [0.5, 0.6) is 69.0 Å². The van der Waals surface area contributed by atoms with Crippen LogP contribution in [0.25, 0.3) is 0 Å². The highest BCUT2D eigenvalue weighted by Crippen LogP contribution is 2.41. The third-order valence-corrected chi connectivity index (χ3v) is 7.30. The predicted molar refractivity (Wildman–Crippen MR) is 166 cm³/mol. The molecule has 19 nitrogen and oxygen atoms in total. The zero-order chi connectivity index (χ0) is 38.0. The topological polar surface area (TPSA) is 317 Å². The molecule has 0 unspecified atom stereocenters. The molecule has 0 saturated carbocycles. The molecule has 272 valence electrons. The number of benzene rings is 4. The minimum Gasteiger partial charge on any atom is -0.504 e. The van der Waals surface area contributed by atoms with Crippen LogP contribution in [-0.4, -0.2) is 93.9 Å². The molecule has 1 saturated heterocycles. The first-order valence-corrected chi connectivity index (χ1v) is 14.6. The molecule has 2 atom stereocenters. The Kier molecular flexibility index (Phi) is 9.90. The molecule has 1 aliphatic rings. The Labute approximate surface area is 289 Å². The highest BCUT2D eigenvalue weighted by atomic mass is 16.7. The van der Waals surface area contributed by atoms with Gasteiger partial charge in [-0.3, -0.25) is 0 Å². The van der Waals surface area contributed by atoms with Gasteiger partial charge in [0, 0.05) is 6.42 Å². The molecule has 0 amide bonds. The van der Waals surface area contributed by atoms with Crippen molar-refractivity contribution in [1.82, 2.24) is 0 Å². The van der Waals surface area contributed by atoms with Gasteiger partial charge in [0.2, 0.25) is 17.8 Å². The number of rotatable bonds is 9. The van der Waals surface area contributed by atoms with E-state index in [-0.39, 0.29) is 12.8 Å². The number of aromatic hydroxyl groups is 10. The number of hydrogen-bond acceptors (Lipinski definition) is 19. The van der Waals surface area contributed by atoms with E-state index in [1.165, 1.54) is 0 Å². The second kappa shape index (κ2) is 14.3. The predicted octanol–water partition coefficient (Wildman–Crippen LogP) is 2.70. The van der Waals surface area contributed by atoms with Crippen LogP contribution in [0.3, 0.4) is 0 Å². The van der Waals surface area contributed by atoms with E-state index in [0.29, 0.717) is 0 Å². The van der Waals surface area contributed by atoms with E-state index in [1.54, 1.807) is 0 Å². The summed E-state index contributed by atoms with van der Waals surface area (Å²) in [5.74, 6) is -15.0. The molecule has 1 aliphatic heterocycles. The quantitative estimate of drug-likeness (QED) is 0.0673. The SMILES string of the molecule is O=C(OC[C@@H]1CC[C@H](OC(=O)c2cc(O)c(O)c(OC(=O)c3cc(O)c(O)c(O)c3)c2)O1)c1cc(O)c(O)c(OC(=O)c2cc(O)c(O)c(O)c2)c1. The van der Waals surface area contributed by atoms with E-state index in [9.17, 15) is 70.2 Å². The smallest absolute Gasteiger partial charge is 0.343 e. The molecule has 4 aromatic carbocycles. The lowest BCUT2D eigenvalue weighted by atomic mass is 10.1. The third kappa shape index (κ3) is 7.63. The van der Waals surface area contributed by atoms with E-state index < -0.39 is 134 Å². The minimum absolute atomic E-state index is 0.107. The van der Waals surface area contributed by atoms with Gasteiger partial charge in [0.15, 0.2) is 57.5 Å². The average Bonchev–Trinajstić information content (AvgIpc) is 3.55. The summed E-state index contributed by atoms with van der Waals surface area (Å²) in [5, 5.41) is 97.9. The van der Waals surface area contributed by atoms with Gasteiger partial charge in [0.05, 0.1) is 28.4 Å². The molecule has 10 N–H and O–H groups in total. The number of carbonyl (C=O) groups is 4. The second-order valence-corrected chi connectivity index (χ2v) is 11.0. The second-order valence-electron chi connectivity index (χ2n) is 11.0. The van der Waals surface area contributed by atoms with Crippen molar-refractivity contribution >= 4 is 23.9 Å². The zero-order valence-corrected chi connectivity index (χ0v) is 26.0. The van der Waals surface area contributed by atoms with Crippen molar-refractivity contribution in [2.75, 3.05) is 6.61 Å². The molecule has 0 spiro atoms. The first-order chi connectivity index (χ1) is 24.5. The number of phenols is 10. The third-order valence-electron chi connectivity index (χ3n) is 7.30. The van der Waals surface area contributed by atoms with E-state index in [2.05, 4.69) is 0 Å². The van der Waals surface area contributed by atoms with Crippen LogP contribution in [0.15, 0.2) is 48.5 Å². The van der Waals surface area contributed by atoms with Gasteiger partial charge in [-0.25, -0.2) is 19.2 Å². The molecule has 1 heterocycles. The lowest BCUT2D eigenvalue weighted by Gasteiger charge is -2.16. The van der Waals surface area contributed by atoms with Crippen LogP contribution in [0.2, 0.25) is 0 Å². The van der Waals surface area contributed by atoms with Gasteiger partial charge in [-0.05, 0) is 55.0 Å². The van der Waals surface area contributed by atoms with Gasteiger partial charge < -0.3 is 74.7 Å². The molecule has 1 fully saturated rings. The normalized spacial score (nSPS) is 15.1. The molecule has 5 rings (SSSR count). The van der Waals surface area contributed by atoms with Crippen molar-refractivity contribution in [3.8, 4) is 69.0 Å². The zero-order valence-electron chi connectivity index (χ0n) is 26.0. The Hall–Kier alpha value is -7.28. The molecule has 52 heavy (non-hydrogen) atoms. The fraction of sp³-hybridized carbons (Fsp3) is 0.152. The molecular weight excluding hydrogens is 700 g/mol. The van der Waals surface area contributed by atoms with Crippen LogP contribution in [0.4, 0.5) is 0 Å². The molecule has 4 aromatic rings. The highest BCUT2D eigenvalue weighted by Gasteiger charge is 2.31. The maximum atomic E-state index is 12.8. The number of carbonyl (C=O) groups excluding carboxylic acids is 4. The van der Waals surface area contributed by atoms with Gasteiger partial charge in [-0.1, -0.05) is 0 Å². The van der Waals surface area contributed by atoms with Crippen molar-refractivity contribution in [3.63, 3.8) is 0 Å². The van der Waals surface area contributed by atoms with Crippen LogP contribution < -0.4 is 9.47 Å². The van der Waals surface area contributed by atoms with Gasteiger partial charge in [-0.2, -0.15) is 0 Å². The van der Waals surface area contributed by atoms with E-state index >= 15 is 0 Å². The van der Waals surface area contributed by atoms with Crippen molar-refractivity contribution in [3.05, 3.63) is 70.8 Å². The summed E-state index contributed by atoms with van der Waals surface area (Å²) in [5.41, 5.74) is -1.73. The summed E-state index contributed by atoms with van der Waals surface area (Å²) >= 11 is 0. The van der Waals surface area contributed by atoms with E-state index in [0.717, 1.165) is 48.5 Å². The lowest BCUT2D eigenvalue weighted by molar-refractivity contribution is -0.112. The minimum atomic E-state index is -1.27. The number of esters is 4. The maximum absolute atomic E-state index is 12.8. The standard InChI is InChI=1S/C33H26O19/c34-17-3-12(4-18(35)26(17)40)31(45)50-23-9-14(7-21(38)28(23)42)30(44)48-11-16-1-2-25(49-16)52-33(47)15-8-22(39)29(43)24(10-15)51-32(46)13-5-19(36)27(41)20(37)6-13/h3-10,16,25,34-43H,1-2,11H2/t16-,25-/m0/s1. The Morgan fingerprint density at radius 3 is 1.29 bits per heavy atom. The Morgan fingerprint density at radius 2 is 0.865 bits per heavy atom. The lowest BCUT2D eigenvalue weighted by Crippen LogP contribution is -2.22. The van der Waals surface area contributed by atoms with Crippen LogP contribution >= 0.6 is 0 Å². The largest absolute Gasteiger partial charge is 0.504 e. The molecule has 19 heteroatoms. The monoisotopic (exact) mass is 726 g/mol. The highest BCUT2D eigenvalue weighted by molar-refractivity contribution is 5.96. The molecule has 0 bridgehead atoms. The number of hydrogen-bond donors (Lipinski definition) is 10. The first kappa shape index (κ1) is 36.0. The number of ether oxygens (including phenoxy) is 5. The molecular formula is C33H26O19. The van der Waals surface area contributed by atoms with Gasteiger partial charge in [-0.15, -0.1) is 0 Å². The van der Waals surface area contributed by atoms with Crippen LogP contribution in [0, 0.1) is 0 Å². The Morgan fingerprint density at radius 1 is 0.500 bits per heavy atom. The van der Waals surface area contributed by atoms with E-state index in [1.807, 2.05) is 0 Å².